The summed E-state index contributed by atoms with van der Waals surface area (Å²) in [6, 6.07) is 12.7. The van der Waals surface area contributed by atoms with Gasteiger partial charge in [0.05, 0.1) is 11.6 Å². The molecule has 3 N–H and O–H groups in total. The van der Waals surface area contributed by atoms with E-state index >= 15 is 0 Å². The lowest BCUT2D eigenvalue weighted by atomic mass is 10.1. The zero-order valence-corrected chi connectivity index (χ0v) is 10.3. The van der Waals surface area contributed by atoms with Crippen molar-refractivity contribution in [3.63, 3.8) is 0 Å². The number of hydrogen-bond acceptors (Lipinski definition) is 4. The third kappa shape index (κ3) is 3.12. The Labute approximate surface area is 110 Å². The molecule has 0 aliphatic carbocycles. The Balaban J connectivity index is 2.04. The number of halogens is 1. The molecular formula is C13H11ClN4. The van der Waals surface area contributed by atoms with Crippen molar-refractivity contribution in [3.05, 3.63) is 52.7 Å². The second-order valence-corrected chi connectivity index (χ2v) is 4.16. The lowest BCUT2D eigenvalue weighted by Gasteiger charge is -2.07. The van der Waals surface area contributed by atoms with Crippen LogP contribution < -0.4 is 11.1 Å². The number of nitriles is 1. The van der Waals surface area contributed by atoms with Gasteiger partial charge in [-0.25, -0.2) is 4.98 Å². The Hall–Kier alpha value is -2.25. The van der Waals surface area contributed by atoms with Crippen molar-refractivity contribution in [2.24, 2.45) is 0 Å². The highest BCUT2D eigenvalue weighted by Crippen LogP contribution is 2.16. The summed E-state index contributed by atoms with van der Waals surface area (Å²) in [5.41, 5.74) is 7.93. The van der Waals surface area contributed by atoms with Crippen molar-refractivity contribution in [2.75, 3.05) is 11.1 Å². The molecule has 2 rings (SSSR count). The van der Waals surface area contributed by atoms with Gasteiger partial charge in [-0.2, -0.15) is 5.26 Å². The van der Waals surface area contributed by atoms with Gasteiger partial charge in [0.2, 0.25) is 0 Å². The number of rotatable bonds is 3. The Kier molecular flexibility index (Phi) is 3.66. The third-order valence-electron chi connectivity index (χ3n) is 2.37. The fraction of sp³-hybridized carbons (Fsp3) is 0.0769. The lowest BCUT2D eigenvalue weighted by molar-refractivity contribution is 1.11. The Morgan fingerprint density at radius 3 is 2.61 bits per heavy atom. The number of nitrogens with one attached hydrogen (secondary N) is 1. The monoisotopic (exact) mass is 258 g/mol. The van der Waals surface area contributed by atoms with Gasteiger partial charge in [-0.15, -0.1) is 0 Å². The van der Waals surface area contributed by atoms with Crippen molar-refractivity contribution in [1.29, 1.82) is 5.26 Å². The SMILES string of the molecule is N#Cc1ccc(CNc2cc(N)cc(Cl)n2)cc1. The number of aromatic nitrogens is 1. The van der Waals surface area contributed by atoms with Crippen LogP contribution in [0, 0.1) is 11.3 Å². The van der Waals surface area contributed by atoms with Crippen molar-refractivity contribution >= 4 is 23.1 Å². The van der Waals surface area contributed by atoms with E-state index < -0.39 is 0 Å². The van der Waals surface area contributed by atoms with Gasteiger partial charge in [0.25, 0.3) is 0 Å². The summed E-state index contributed by atoms with van der Waals surface area (Å²) < 4.78 is 0. The maximum atomic E-state index is 8.69. The zero-order valence-electron chi connectivity index (χ0n) is 9.52. The number of benzene rings is 1. The summed E-state index contributed by atoms with van der Waals surface area (Å²) in [7, 11) is 0. The van der Waals surface area contributed by atoms with Gasteiger partial charge in [-0.1, -0.05) is 23.7 Å². The number of nitrogen functional groups attached to an aromatic ring is 1. The summed E-state index contributed by atoms with van der Waals surface area (Å²) in [6.45, 7) is 0.596. The minimum absolute atomic E-state index is 0.359. The minimum atomic E-state index is 0.359. The van der Waals surface area contributed by atoms with Crippen LogP contribution in [-0.2, 0) is 6.54 Å². The zero-order chi connectivity index (χ0) is 13.0. The molecule has 0 amide bonds. The first-order chi connectivity index (χ1) is 8.67. The van der Waals surface area contributed by atoms with Crippen molar-refractivity contribution in [1.82, 2.24) is 4.98 Å². The fourth-order valence-corrected chi connectivity index (χ4v) is 1.71. The Morgan fingerprint density at radius 2 is 2.00 bits per heavy atom. The number of anilines is 2. The summed E-state index contributed by atoms with van der Waals surface area (Å²) >= 11 is 5.80. The maximum absolute atomic E-state index is 8.69. The molecule has 0 unspecified atom stereocenters. The molecule has 1 aromatic heterocycles. The smallest absolute Gasteiger partial charge is 0.133 e. The van der Waals surface area contributed by atoms with E-state index in [1.807, 2.05) is 12.1 Å². The standard InChI is InChI=1S/C13H11ClN4/c14-12-5-11(16)6-13(18-12)17-8-10-3-1-9(7-15)2-4-10/h1-6H,8H2,(H3,16,17,18). The lowest BCUT2D eigenvalue weighted by Crippen LogP contribution is -2.02. The molecule has 0 aliphatic heterocycles. The van der Waals surface area contributed by atoms with Crippen LogP contribution in [0.25, 0.3) is 0 Å². The molecule has 0 atom stereocenters. The maximum Gasteiger partial charge on any atom is 0.133 e. The van der Waals surface area contributed by atoms with E-state index in [0.717, 1.165) is 5.56 Å². The summed E-state index contributed by atoms with van der Waals surface area (Å²) in [5.74, 6) is 0.629. The molecule has 0 saturated carbocycles. The van der Waals surface area contributed by atoms with Gasteiger partial charge >= 0.3 is 0 Å². The topological polar surface area (TPSA) is 74.7 Å². The van der Waals surface area contributed by atoms with E-state index in [-0.39, 0.29) is 0 Å². The predicted octanol–water partition coefficient (Wildman–Crippen LogP) is 2.80. The molecule has 2 aromatic rings. The van der Waals surface area contributed by atoms with Gasteiger partial charge < -0.3 is 11.1 Å². The summed E-state index contributed by atoms with van der Waals surface area (Å²) in [6.07, 6.45) is 0. The number of nitrogens with zero attached hydrogens (tertiary/aromatic N) is 2. The van der Waals surface area contributed by atoms with E-state index in [0.29, 0.717) is 28.8 Å². The van der Waals surface area contributed by atoms with Gasteiger partial charge in [0, 0.05) is 18.3 Å². The highest BCUT2D eigenvalue weighted by atomic mass is 35.5. The van der Waals surface area contributed by atoms with Gasteiger partial charge in [0.1, 0.15) is 11.0 Å². The molecule has 18 heavy (non-hydrogen) atoms. The summed E-state index contributed by atoms with van der Waals surface area (Å²) in [4.78, 5) is 4.10. The number of pyridine rings is 1. The molecule has 0 spiro atoms. The number of nitrogens with two attached hydrogens (primary N) is 1. The van der Waals surface area contributed by atoms with Crippen molar-refractivity contribution < 1.29 is 0 Å². The molecule has 1 aromatic carbocycles. The first-order valence-electron chi connectivity index (χ1n) is 5.33. The van der Waals surface area contributed by atoms with Crippen LogP contribution in [0.1, 0.15) is 11.1 Å². The first-order valence-corrected chi connectivity index (χ1v) is 5.71. The molecule has 0 aliphatic rings. The predicted molar refractivity (Wildman–Crippen MR) is 72.1 cm³/mol. The van der Waals surface area contributed by atoms with E-state index in [9.17, 15) is 0 Å². The minimum Gasteiger partial charge on any atom is -0.399 e. The average Bonchev–Trinajstić information content (AvgIpc) is 2.36. The second-order valence-electron chi connectivity index (χ2n) is 3.77. The Morgan fingerprint density at radius 1 is 1.28 bits per heavy atom. The molecule has 0 saturated heterocycles. The van der Waals surface area contributed by atoms with Crippen LogP contribution >= 0.6 is 11.6 Å². The van der Waals surface area contributed by atoms with Crippen molar-refractivity contribution in [3.8, 4) is 6.07 Å². The van der Waals surface area contributed by atoms with Crippen molar-refractivity contribution in [2.45, 2.75) is 6.54 Å². The van der Waals surface area contributed by atoms with Crippen LogP contribution in [0.2, 0.25) is 5.15 Å². The first kappa shape index (κ1) is 12.2. The van der Waals surface area contributed by atoms with Gasteiger partial charge in [-0.05, 0) is 23.8 Å². The fourth-order valence-electron chi connectivity index (χ4n) is 1.50. The highest BCUT2D eigenvalue weighted by Gasteiger charge is 1.99. The summed E-state index contributed by atoms with van der Waals surface area (Å²) in [5, 5.41) is 12.2. The largest absolute Gasteiger partial charge is 0.399 e. The van der Waals surface area contributed by atoms with Crippen LogP contribution in [0.3, 0.4) is 0 Å². The molecule has 1 heterocycles. The molecule has 4 nitrogen and oxygen atoms in total. The van der Waals surface area contributed by atoms with Crippen LogP contribution in [0.5, 0.6) is 0 Å². The molecular weight excluding hydrogens is 248 g/mol. The quantitative estimate of drug-likeness (QED) is 0.830. The van der Waals surface area contributed by atoms with E-state index in [1.165, 1.54) is 0 Å². The van der Waals surface area contributed by atoms with Crippen LogP contribution in [0.4, 0.5) is 11.5 Å². The molecule has 5 heteroatoms. The average molecular weight is 259 g/mol. The van der Waals surface area contributed by atoms with E-state index in [2.05, 4.69) is 16.4 Å². The molecule has 0 radical (unpaired) electrons. The molecule has 0 fully saturated rings. The van der Waals surface area contributed by atoms with Crippen LogP contribution in [0.15, 0.2) is 36.4 Å². The number of hydrogen-bond donors (Lipinski definition) is 2. The van der Waals surface area contributed by atoms with Gasteiger partial charge in [-0.3, -0.25) is 0 Å². The van der Waals surface area contributed by atoms with E-state index in [4.69, 9.17) is 22.6 Å². The van der Waals surface area contributed by atoms with Crippen LogP contribution in [-0.4, -0.2) is 4.98 Å². The molecule has 90 valence electrons. The van der Waals surface area contributed by atoms with E-state index in [1.54, 1.807) is 24.3 Å². The normalized spacial score (nSPS) is 9.78. The molecule has 0 bridgehead atoms. The van der Waals surface area contributed by atoms with Gasteiger partial charge in [0.15, 0.2) is 0 Å². The second kappa shape index (κ2) is 5.39. The third-order valence-corrected chi connectivity index (χ3v) is 2.57. The Bertz CT molecular complexity index is 567. The highest BCUT2D eigenvalue weighted by molar-refractivity contribution is 6.29.